The van der Waals surface area contributed by atoms with Crippen molar-refractivity contribution >= 4 is 22.7 Å². The van der Waals surface area contributed by atoms with E-state index in [1.807, 2.05) is 30.3 Å². The van der Waals surface area contributed by atoms with E-state index in [1.54, 1.807) is 18.2 Å². The molecule has 0 atom stereocenters. The van der Waals surface area contributed by atoms with E-state index < -0.39 is 5.97 Å². The second kappa shape index (κ2) is 5.48. The molecule has 0 radical (unpaired) electrons. The lowest BCUT2D eigenvalue weighted by Gasteiger charge is -2.01. The molecule has 0 saturated carbocycles. The van der Waals surface area contributed by atoms with Gasteiger partial charge in [0.15, 0.2) is 5.78 Å². The van der Waals surface area contributed by atoms with Crippen LogP contribution in [0.3, 0.4) is 0 Å². The lowest BCUT2D eigenvalue weighted by atomic mass is 10.0. The number of rotatable bonds is 4. The third kappa shape index (κ3) is 2.51. The van der Waals surface area contributed by atoms with Crippen LogP contribution >= 0.6 is 0 Å². The topological polar surface area (TPSA) is 67.5 Å². The third-order valence-electron chi connectivity index (χ3n) is 3.56. The Morgan fingerprint density at radius 1 is 1.09 bits per heavy atom. The molecule has 110 valence electrons. The Bertz CT molecular complexity index is 859. The summed E-state index contributed by atoms with van der Waals surface area (Å²) in [7, 11) is 0. The van der Waals surface area contributed by atoms with Crippen LogP contribution in [0.5, 0.6) is 0 Å². The largest absolute Gasteiger partial charge is 0.481 e. The van der Waals surface area contributed by atoms with Crippen LogP contribution in [0.15, 0.2) is 52.9 Å². The van der Waals surface area contributed by atoms with E-state index in [1.165, 1.54) is 6.92 Å². The summed E-state index contributed by atoms with van der Waals surface area (Å²) in [6.45, 7) is 1.48. The molecule has 0 aliphatic carbocycles. The number of hydrogen-bond acceptors (Lipinski definition) is 3. The minimum atomic E-state index is -0.937. The van der Waals surface area contributed by atoms with E-state index in [4.69, 9.17) is 4.42 Å². The van der Waals surface area contributed by atoms with Crippen molar-refractivity contribution in [2.75, 3.05) is 0 Å². The standard InChI is InChI=1S/C18H14O4/c1-11(19)13-7-8-16-14(9-13)15(10-17(20)21)18(22-16)12-5-3-2-4-6-12/h2-9H,10H2,1H3,(H,20,21). The predicted molar refractivity (Wildman–Crippen MR) is 83.0 cm³/mol. The van der Waals surface area contributed by atoms with Crippen molar-refractivity contribution in [2.45, 2.75) is 13.3 Å². The number of Topliss-reactive ketones (excluding diaryl/α,β-unsaturated/α-hetero) is 1. The molecule has 4 nitrogen and oxygen atoms in total. The highest BCUT2D eigenvalue weighted by atomic mass is 16.4. The lowest BCUT2D eigenvalue weighted by molar-refractivity contribution is -0.136. The fraction of sp³-hybridized carbons (Fsp3) is 0.111. The number of benzene rings is 2. The van der Waals surface area contributed by atoms with Crippen LogP contribution in [0.1, 0.15) is 22.8 Å². The van der Waals surface area contributed by atoms with Crippen LogP contribution < -0.4 is 0 Å². The van der Waals surface area contributed by atoms with Gasteiger partial charge in [0.2, 0.25) is 0 Å². The third-order valence-corrected chi connectivity index (χ3v) is 3.56. The maximum absolute atomic E-state index is 11.6. The average Bonchev–Trinajstić information content (AvgIpc) is 2.85. The van der Waals surface area contributed by atoms with Crippen LogP contribution in [0, 0.1) is 0 Å². The van der Waals surface area contributed by atoms with Crippen molar-refractivity contribution < 1.29 is 19.1 Å². The first-order valence-electron chi connectivity index (χ1n) is 6.90. The molecule has 0 saturated heterocycles. The molecule has 0 spiro atoms. The minimum absolute atomic E-state index is 0.0642. The maximum Gasteiger partial charge on any atom is 0.307 e. The van der Waals surface area contributed by atoms with Crippen LogP contribution in [0.2, 0.25) is 0 Å². The number of carbonyl (C=O) groups excluding carboxylic acids is 1. The molecular weight excluding hydrogens is 280 g/mol. The monoisotopic (exact) mass is 294 g/mol. The molecule has 3 rings (SSSR count). The molecule has 1 aromatic heterocycles. The molecule has 22 heavy (non-hydrogen) atoms. The number of carboxylic acids is 1. The highest BCUT2D eigenvalue weighted by Crippen LogP contribution is 2.34. The Balaban J connectivity index is 2.27. The van der Waals surface area contributed by atoms with Crippen LogP contribution in [-0.2, 0) is 11.2 Å². The van der Waals surface area contributed by atoms with Gasteiger partial charge in [0.25, 0.3) is 0 Å². The Hall–Kier alpha value is -2.88. The summed E-state index contributed by atoms with van der Waals surface area (Å²) in [5, 5.41) is 9.86. The summed E-state index contributed by atoms with van der Waals surface area (Å²) in [6.07, 6.45) is -0.154. The number of hydrogen-bond donors (Lipinski definition) is 1. The molecule has 0 fully saturated rings. The smallest absolute Gasteiger partial charge is 0.307 e. The zero-order chi connectivity index (χ0) is 15.7. The molecule has 0 aliphatic rings. The summed E-state index contributed by atoms with van der Waals surface area (Å²) in [4.78, 5) is 22.8. The molecule has 0 aliphatic heterocycles. The van der Waals surface area contributed by atoms with Gasteiger partial charge in [-0.25, -0.2) is 0 Å². The fourth-order valence-electron chi connectivity index (χ4n) is 2.52. The van der Waals surface area contributed by atoms with Gasteiger partial charge in [-0.1, -0.05) is 30.3 Å². The van der Waals surface area contributed by atoms with Gasteiger partial charge in [0.05, 0.1) is 6.42 Å². The van der Waals surface area contributed by atoms with E-state index >= 15 is 0 Å². The minimum Gasteiger partial charge on any atom is -0.481 e. The molecule has 0 bridgehead atoms. The number of aliphatic carboxylic acids is 1. The van der Waals surface area contributed by atoms with E-state index in [-0.39, 0.29) is 12.2 Å². The summed E-state index contributed by atoms with van der Waals surface area (Å²) in [6, 6.07) is 14.5. The molecule has 4 heteroatoms. The molecule has 0 unspecified atom stereocenters. The van der Waals surface area contributed by atoms with Crippen molar-refractivity contribution in [2.24, 2.45) is 0 Å². The van der Waals surface area contributed by atoms with Gasteiger partial charge >= 0.3 is 5.97 Å². The van der Waals surface area contributed by atoms with Gasteiger partial charge in [0, 0.05) is 22.1 Å². The zero-order valence-corrected chi connectivity index (χ0v) is 12.0. The Morgan fingerprint density at radius 2 is 1.82 bits per heavy atom. The first kappa shape index (κ1) is 14.1. The lowest BCUT2D eigenvalue weighted by Crippen LogP contribution is -2.01. The van der Waals surface area contributed by atoms with E-state index in [9.17, 15) is 14.7 Å². The van der Waals surface area contributed by atoms with E-state index in [0.29, 0.717) is 27.9 Å². The molecule has 1 N–H and O–H groups in total. The SMILES string of the molecule is CC(=O)c1ccc2oc(-c3ccccc3)c(CC(=O)O)c2c1. The van der Waals surface area contributed by atoms with Crippen LogP contribution in [0.4, 0.5) is 0 Å². The quantitative estimate of drug-likeness (QED) is 0.740. The Kier molecular flexibility index (Phi) is 3.51. The summed E-state index contributed by atoms with van der Waals surface area (Å²) < 4.78 is 5.85. The van der Waals surface area contributed by atoms with Gasteiger partial charge in [-0.05, 0) is 25.1 Å². The van der Waals surface area contributed by atoms with Crippen molar-refractivity contribution in [1.82, 2.24) is 0 Å². The fourth-order valence-corrected chi connectivity index (χ4v) is 2.52. The zero-order valence-electron chi connectivity index (χ0n) is 12.0. The summed E-state index contributed by atoms with van der Waals surface area (Å²) in [5.41, 5.74) is 2.54. The van der Waals surface area contributed by atoms with Gasteiger partial charge in [-0.2, -0.15) is 0 Å². The number of carboxylic acid groups (broad SMARTS) is 1. The normalized spacial score (nSPS) is 10.8. The number of fused-ring (bicyclic) bond motifs is 1. The highest BCUT2D eigenvalue weighted by Gasteiger charge is 2.19. The molecular formula is C18H14O4. The first-order chi connectivity index (χ1) is 10.6. The maximum atomic E-state index is 11.6. The van der Waals surface area contributed by atoms with Crippen LogP contribution in [0.25, 0.3) is 22.3 Å². The van der Waals surface area contributed by atoms with E-state index in [0.717, 1.165) is 5.56 Å². The average molecular weight is 294 g/mol. The summed E-state index contributed by atoms with van der Waals surface area (Å²) in [5.74, 6) is -0.461. The van der Waals surface area contributed by atoms with E-state index in [2.05, 4.69) is 0 Å². The number of carbonyl (C=O) groups is 2. The van der Waals surface area contributed by atoms with Crippen molar-refractivity contribution in [3.63, 3.8) is 0 Å². The van der Waals surface area contributed by atoms with Gasteiger partial charge in [-0.3, -0.25) is 9.59 Å². The first-order valence-corrected chi connectivity index (χ1v) is 6.90. The van der Waals surface area contributed by atoms with Crippen LogP contribution in [-0.4, -0.2) is 16.9 Å². The highest BCUT2D eigenvalue weighted by molar-refractivity contribution is 6.00. The summed E-state index contributed by atoms with van der Waals surface area (Å²) >= 11 is 0. The van der Waals surface area contributed by atoms with Crippen molar-refractivity contribution in [3.05, 3.63) is 59.7 Å². The second-order valence-electron chi connectivity index (χ2n) is 5.11. The Morgan fingerprint density at radius 3 is 2.45 bits per heavy atom. The molecule has 2 aromatic carbocycles. The number of furan rings is 1. The van der Waals surface area contributed by atoms with Crippen molar-refractivity contribution in [1.29, 1.82) is 0 Å². The van der Waals surface area contributed by atoms with Gasteiger partial charge in [0.1, 0.15) is 11.3 Å². The molecule has 0 amide bonds. The molecule has 1 heterocycles. The molecule has 3 aromatic rings. The van der Waals surface area contributed by atoms with Gasteiger partial charge in [-0.15, -0.1) is 0 Å². The Labute approximate surface area is 127 Å². The van der Waals surface area contributed by atoms with Gasteiger partial charge < -0.3 is 9.52 Å². The van der Waals surface area contributed by atoms with Crippen molar-refractivity contribution in [3.8, 4) is 11.3 Å². The second-order valence-corrected chi connectivity index (χ2v) is 5.11. The number of ketones is 1. The predicted octanol–water partition coefficient (Wildman–Crippen LogP) is 3.93.